The zero-order valence-corrected chi connectivity index (χ0v) is 15.2. The molecule has 0 spiro atoms. The monoisotopic (exact) mass is 322 g/mol. The van der Waals surface area contributed by atoms with E-state index in [1.54, 1.807) is 0 Å². The van der Waals surface area contributed by atoms with Crippen LogP contribution in [0, 0.1) is 6.92 Å². The van der Waals surface area contributed by atoms with Crippen LogP contribution in [-0.2, 0) is 10.3 Å². The quantitative estimate of drug-likeness (QED) is 0.895. The number of carbonyl (C=O) groups excluding carboxylic acids is 1. The van der Waals surface area contributed by atoms with E-state index in [0.717, 1.165) is 30.7 Å². The zero-order valence-electron chi connectivity index (χ0n) is 15.2. The van der Waals surface area contributed by atoms with Gasteiger partial charge in [-0.05, 0) is 54.4 Å². The zero-order chi connectivity index (χ0) is 17.3. The smallest absolute Gasteiger partial charge is 0.315 e. The molecule has 0 aliphatic carbocycles. The summed E-state index contributed by atoms with van der Waals surface area (Å²) >= 11 is 0. The summed E-state index contributed by atoms with van der Waals surface area (Å²) in [6.45, 7) is 13.6. The van der Waals surface area contributed by atoms with Crippen LogP contribution in [0.4, 0.5) is 4.79 Å². The normalized spacial score (nSPS) is 22.9. The summed E-state index contributed by atoms with van der Waals surface area (Å²) in [6, 6.07) is -0.263. The van der Waals surface area contributed by atoms with E-state index in [1.807, 2.05) is 31.6 Å². The van der Waals surface area contributed by atoms with E-state index in [-0.39, 0.29) is 23.2 Å². The van der Waals surface area contributed by atoms with Gasteiger partial charge in [0.15, 0.2) is 0 Å². The van der Waals surface area contributed by atoms with Crippen LogP contribution in [0.15, 0.2) is 6.20 Å². The summed E-state index contributed by atoms with van der Waals surface area (Å²) in [5, 5.41) is 10.5. The lowest BCUT2D eigenvalue weighted by Crippen LogP contribution is -2.45. The molecule has 0 unspecified atom stereocenters. The highest BCUT2D eigenvalue weighted by atomic mass is 16.5. The summed E-state index contributed by atoms with van der Waals surface area (Å²) < 4.78 is 7.63. The van der Waals surface area contributed by atoms with Gasteiger partial charge in [0.25, 0.3) is 0 Å². The van der Waals surface area contributed by atoms with E-state index in [4.69, 9.17) is 4.74 Å². The fourth-order valence-corrected chi connectivity index (χ4v) is 2.81. The number of hydrogen-bond donors (Lipinski definition) is 2. The minimum Gasteiger partial charge on any atom is -0.373 e. The van der Waals surface area contributed by atoms with Gasteiger partial charge in [0.1, 0.15) is 0 Å². The van der Waals surface area contributed by atoms with Gasteiger partial charge in [-0.15, -0.1) is 0 Å². The van der Waals surface area contributed by atoms with Gasteiger partial charge in [-0.2, -0.15) is 5.10 Å². The van der Waals surface area contributed by atoms with Crippen molar-refractivity contribution < 1.29 is 9.53 Å². The van der Waals surface area contributed by atoms with Crippen LogP contribution in [-0.4, -0.2) is 34.6 Å². The van der Waals surface area contributed by atoms with Gasteiger partial charge >= 0.3 is 6.03 Å². The first-order valence-electron chi connectivity index (χ1n) is 8.36. The van der Waals surface area contributed by atoms with Crippen LogP contribution in [0.5, 0.6) is 0 Å². The van der Waals surface area contributed by atoms with Crippen molar-refractivity contribution in [1.29, 1.82) is 0 Å². The molecule has 1 aromatic heterocycles. The van der Waals surface area contributed by atoms with Crippen molar-refractivity contribution in [1.82, 2.24) is 20.4 Å². The molecule has 1 aliphatic heterocycles. The minimum atomic E-state index is -0.229. The second-order valence-electron chi connectivity index (χ2n) is 7.74. The van der Waals surface area contributed by atoms with Crippen LogP contribution in [0.3, 0.4) is 0 Å². The molecule has 2 atom stereocenters. The maximum absolute atomic E-state index is 12.1. The Morgan fingerprint density at radius 1 is 1.52 bits per heavy atom. The first kappa shape index (κ1) is 17.8. The first-order valence-corrected chi connectivity index (χ1v) is 8.36. The molecule has 6 nitrogen and oxygen atoms in total. The molecular weight excluding hydrogens is 292 g/mol. The minimum absolute atomic E-state index is 0.0700. The second kappa shape index (κ2) is 6.51. The summed E-state index contributed by atoms with van der Waals surface area (Å²) in [4.78, 5) is 12.1. The number of aryl methyl sites for hydroxylation is 1. The number of carbonyl (C=O) groups is 1. The molecule has 1 saturated heterocycles. The summed E-state index contributed by atoms with van der Waals surface area (Å²) in [5.74, 6) is 0. The van der Waals surface area contributed by atoms with Crippen LogP contribution < -0.4 is 10.6 Å². The maximum Gasteiger partial charge on any atom is 0.315 e. The lowest BCUT2D eigenvalue weighted by Gasteiger charge is -2.24. The molecule has 130 valence electrons. The van der Waals surface area contributed by atoms with Crippen molar-refractivity contribution in [2.75, 3.05) is 13.2 Å². The van der Waals surface area contributed by atoms with Gasteiger partial charge < -0.3 is 15.4 Å². The van der Waals surface area contributed by atoms with Crippen LogP contribution >= 0.6 is 0 Å². The van der Waals surface area contributed by atoms with Gasteiger partial charge in [0.05, 0.1) is 22.9 Å². The fourth-order valence-electron chi connectivity index (χ4n) is 2.81. The third-order valence-electron chi connectivity index (χ3n) is 4.36. The van der Waals surface area contributed by atoms with Crippen molar-refractivity contribution >= 4 is 6.03 Å². The Morgan fingerprint density at radius 2 is 2.22 bits per heavy atom. The highest BCUT2D eigenvalue weighted by Crippen LogP contribution is 2.24. The predicted molar refractivity (Wildman–Crippen MR) is 90.5 cm³/mol. The van der Waals surface area contributed by atoms with Crippen LogP contribution in [0.2, 0.25) is 0 Å². The molecule has 1 fully saturated rings. The SMILES string of the molecule is Cc1nn(C(C)(C)C)cc1[C@@H](C)NC(=O)NC[C@]1(C)CCCO1. The molecule has 0 bridgehead atoms. The number of ether oxygens (including phenoxy) is 1. The Labute approximate surface area is 139 Å². The molecule has 2 heterocycles. The van der Waals surface area contributed by atoms with Gasteiger partial charge in [-0.25, -0.2) is 4.79 Å². The predicted octanol–water partition coefficient (Wildman–Crippen LogP) is 2.88. The lowest BCUT2D eigenvalue weighted by molar-refractivity contribution is 0.0228. The molecule has 0 aromatic carbocycles. The van der Waals surface area contributed by atoms with Crippen LogP contribution in [0.25, 0.3) is 0 Å². The number of nitrogens with zero attached hydrogens (tertiary/aromatic N) is 2. The Morgan fingerprint density at radius 3 is 2.74 bits per heavy atom. The molecule has 1 aromatic rings. The van der Waals surface area contributed by atoms with Gasteiger partial charge in [0, 0.05) is 24.9 Å². The molecule has 2 rings (SSSR count). The van der Waals surface area contributed by atoms with E-state index in [0.29, 0.717) is 6.54 Å². The van der Waals surface area contributed by atoms with E-state index >= 15 is 0 Å². The number of amides is 2. The summed E-state index contributed by atoms with van der Waals surface area (Å²) in [6.07, 6.45) is 4.06. The molecule has 2 amide bonds. The topological polar surface area (TPSA) is 68.2 Å². The van der Waals surface area contributed by atoms with Crippen molar-refractivity contribution in [2.24, 2.45) is 0 Å². The Kier molecular flexibility index (Phi) is 5.04. The van der Waals surface area contributed by atoms with E-state index < -0.39 is 0 Å². The average molecular weight is 322 g/mol. The lowest BCUT2D eigenvalue weighted by atomic mass is 10.0. The van der Waals surface area contributed by atoms with Crippen molar-refractivity contribution in [3.05, 3.63) is 17.5 Å². The molecule has 2 N–H and O–H groups in total. The molecule has 0 radical (unpaired) electrons. The van der Waals surface area contributed by atoms with E-state index in [1.165, 1.54) is 0 Å². The Balaban J connectivity index is 1.92. The van der Waals surface area contributed by atoms with Crippen LogP contribution in [0.1, 0.15) is 64.8 Å². The van der Waals surface area contributed by atoms with E-state index in [9.17, 15) is 4.79 Å². The first-order chi connectivity index (χ1) is 10.6. The average Bonchev–Trinajstić information content (AvgIpc) is 3.03. The molecular formula is C17H30N4O2. The number of urea groups is 1. The molecule has 0 saturated carbocycles. The van der Waals surface area contributed by atoms with Crippen molar-refractivity contribution in [3.63, 3.8) is 0 Å². The fraction of sp³-hybridized carbons (Fsp3) is 0.765. The third kappa shape index (κ3) is 4.47. The van der Waals surface area contributed by atoms with E-state index in [2.05, 4.69) is 36.5 Å². The maximum atomic E-state index is 12.1. The number of hydrogen-bond acceptors (Lipinski definition) is 3. The summed E-state index contributed by atoms with van der Waals surface area (Å²) in [5.41, 5.74) is 1.68. The van der Waals surface area contributed by atoms with Gasteiger partial charge in [-0.1, -0.05) is 0 Å². The Bertz CT molecular complexity index is 553. The number of nitrogens with one attached hydrogen (secondary N) is 2. The van der Waals surface area contributed by atoms with Gasteiger partial charge in [-0.3, -0.25) is 4.68 Å². The summed E-state index contributed by atoms with van der Waals surface area (Å²) in [7, 11) is 0. The van der Waals surface area contributed by atoms with Crippen molar-refractivity contribution in [2.45, 2.75) is 71.6 Å². The largest absolute Gasteiger partial charge is 0.373 e. The molecule has 1 aliphatic rings. The molecule has 23 heavy (non-hydrogen) atoms. The molecule has 6 heteroatoms. The number of rotatable bonds is 4. The number of aromatic nitrogens is 2. The highest BCUT2D eigenvalue weighted by Gasteiger charge is 2.30. The standard InChI is InChI=1S/C17H30N4O2/c1-12(14-10-21(16(3,4)5)20-13(14)2)19-15(22)18-11-17(6)8-7-9-23-17/h10,12H,7-9,11H2,1-6H3,(H2,18,19,22)/t12-,17+/m1/s1. The Hall–Kier alpha value is -1.56. The van der Waals surface area contributed by atoms with Gasteiger partial charge in [0.2, 0.25) is 0 Å². The second-order valence-corrected chi connectivity index (χ2v) is 7.74. The van der Waals surface area contributed by atoms with Crippen molar-refractivity contribution in [3.8, 4) is 0 Å². The third-order valence-corrected chi connectivity index (χ3v) is 4.36. The highest BCUT2D eigenvalue weighted by molar-refractivity contribution is 5.74.